The van der Waals surface area contributed by atoms with Crippen molar-refractivity contribution in [3.8, 4) is 0 Å². The van der Waals surface area contributed by atoms with E-state index >= 15 is 0 Å². The van der Waals surface area contributed by atoms with Gasteiger partial charge in [0.1, 0.15) is 0 Å². The number of hydrogen-bond donors (Lipinski definition) is 0. The Morgan fingerprint density at radius 3 is 0.474 bits per heavy atom. The van der Waals surface area contributed by atoms with E-state index in [2.05, 4.69) is 0 Å². The van der Waals surface area contributed by atoms with Crippen LogP contribution in [-0.4, -0.2) is 52.6 Å². The van der Waals surface area contributed by atoms with Crippen LogP contribution in [0.1, 0.15) is 0 Å². The third kappa shape index (κ3) is 1840. The average molecular weight is 559 g/mol. The fourth-order valence-corrected chi connectivity index (χ4v) is 0. The smallest absolute Gasteiger partial charge is 0.759 e. The van der Waals surface area contributed by atoms with Crippen molar-refractivity contribution in [3.05, 3.63) is 0 Å². The van der Waals surface area contributed by atoms with Gasteiger partial charge in [-0.1, -0.05) is 0 Å². The monoisotopic (exact) mass is 561 g/mol. The molecule has 0 atom stereocenters. The molecule has 0 spiro atoms. The zero-order chi connectivity index (χ0) is 13.5. The summed E-state index contributed by atoms with van der Waals surface area (Å²) in [5.74, 6) is 0. The molecule has 19 heavy (non-hydrogen) atoms. The van der Waals surface area contributed by atoms with E-state index in [9.17, 15) is 0 Å². The molecule has 0 rings (SSSR count). The van der Waals surface area contributed by atoms with E-state index in [1.165, 1.54) is 0 Å². The van der Waals surface area contributed by atoms with Gasteiger partial charge < -0.3 is 27.3 Å². The Morgan fingerprint density at radius 2 is 0.474 bits per heavy atom. The minimum Gasteiger partial charge on any atom is -0.759 e. The molecule has 0 heterocycles. The summed E-state index contributed by atoms with van der Waals surface area (Å²) in [4.78, 5) is 0. The van der Waals surface area contributed by atoms with E-state index in [0.717, 1.165) is 0 Å². The summed E-state index contributed by atoms with van der Waals surface area (Å²) >= 11 is 0. The fraction of sp³-hybridized carbons (Fsp3) is 0. The van der Waals surface area contributed by atoms with Crippen LogP contribution < -0.4 is 0 Å². The molecule has 19 heteroatoms. The van der Waals surface area contributed by atoms with E-state index in [-0.39, 0.29) is 72.3 Å². The summed E-state index contributed by atoms with van der Waals surface area (Å²) in [6.45, 7) is 0. The summed E-state index contributed by atoms with van der Waals surface area (Å²) in [5.41, 5.74) is 0. The van der Waals surface area contributed by atoms with Gasteiger partial charge in [-0.05, 0) is 0 Å². The second-order valence-corrected chi connectivity index (χ2v) is 3.67. The first kappa shape index (κ1) is 42.8. The predicted octanol–water partition coefficient (Wildman–Crippen LogP) is -4.02. The molecule has 123 valence electrons. The first-order valence-electron chi connectivity index (χ1n) is 2.00. The molecule has 0 amide bonds. The van der Waals surface area contributed by atoms with Crippen molar-refractivity contribution in [2.75, 3.05) is 0 Å². The van der Waals surface area contributed by atoms with Gasteiger partial charge in [0, 0.05) is 69.3 Å². The average Bonchev–Trinajstić information content (AvgIpc) is 1.41. The summed E-state index contributed by atoms with van der Waals surface area (Å²) in [6, 6.07) is 0. The van der Waals surface area contributed by atoms with Gasteiger partial charge in [-0.25, -0.2) is 0 Å². The maximum absolute atomic E-state index is 8.52. The summed E-state index contributed by atoms with van der Waals surface area (Å²) in [7, 11) is -15.5. The second-order valence-electron chi connectivity index (χ2n) is 1.22. The van der Waals surface area contributed by atoms with Crippen LogP contribution in [0.15, 0.2) is 0 Å². The Hall–Kier alpha value is 1.86. The van der Waals surface area contributed by atoms with Crippen LogP contribution in [0.2, 0.25) is 0 Å². The molecule has 0 aromatic carbocycles. The van der Waals surface area contributed by atoms with Crippen molar-refractivity contribution in [2.45, 2.75) is 0 Å². The summed E-state index contributed by atoms with van der Waals surface area (Å²) < 4.78 is 102. The SMILES string of the molecule is O=S(=O)([O-])[O-].O=S(=O)([O-])[O-].O=S(=O)([O-])[O-].[Cu].[Fe+3].[Fe+3].[Mo]. The minimum atomic E-state index is -5.17. The largest absolute Gasteiger partial charge is 3.00 e. The van der Waals surface area contributed by atoms with Crippen molar-refractivity contribution >= 4 is 31.2 Å². The zero-order valence-corrected chi connectivity index (χ0v) is 15.1. The van der Waals surface area contributed by atoms with Crippen LogP contribution in [0, 0.1) is 0 Å². The second kappa shape index (κ2) is 17.9. The van der Waals surface area contributed by atoms with Crippen molar-refractivity contribution in [1.82, 2.24) is 0 Å². The van der Waals surface area contributed by atoms with Crippen LogP contribution in [0.25, 0.3) is 0 Å². The molecule has 0 aliphatic rings. The van der Waals surface area contributed by atoms with E-state index in [1.807, 2.05) is 0 Å². The molecule has 3 radical (unpaired) electrons. The van der Waals surface area contributed by atoms with E-state index in [4.69, 9.17) is 52.6 Å². The van der Waals surface area contributed by atoms with Crippen molar-refractivity contribution in [2.24, 2.45) is 0 Å². The van der Waals surface area contributed by atoms with Gasteiger partial charge in [-0.15, -0.1) is 0 Å². The first-order valence-corrected chi connectivity index (χ1v) is 6.00. The molecule has 0 aliphatic carbocycles. The first-order chi connectivity index (χ1) is 6.00. The fourth-order valence-electron chi connectivity index (χ4n) is 0. The summed E-state index contributed by atoms with van der Waals surface area (Å²) in [6.07, 6.45) is 0. The molecular weight excluding hydrogens is 559 g/mol. The molecule has 12 nitrogen and oxygen atoms in total. The van der Waals surface area contributed by atoms with Crippen LogP contribution in [-0.2, 0) is 103 Å². The molecular formula is CuFe2MoO12S3. The summed E-state index contributed by atoms with van der Waals surface area (Å²) in [5, 5.41) is 0. The molecule has 0 saturated carbocycles. The Morgan fingerprint density at radius 1 is 0.474 bits per heavy atom. The Labute approximate surface area is 154 Å². The zero-order valence-electron chi connectivity index (χ0n) is 7.54. The Bertz CT molecular complexity index is 352. The molecule has 0 fully saturated rings. The third-order valence-electron chi connectivity index (χ3n) is 0. The Kier molecular flexibility index (Phi) is 40.4. The molecule has 0 aromatic heterocycles. The third-order valence-corrected chi connectivity index (χ3v) is 0. The van der Waals surface area contributed by atoms with Crippen LogP contribution in [0.5, 0.6) is 0 Å². The van der Waals surface area contributed by atoms with Gasteiger partial charge >= 0.3 is 34.1 Å². The minimum absolute atomic E-state index is 0. The quantitative estimate of drug-likeness (QED) is 0.157. The standard InChI is InChI=1S/Cu.2Fe.Mo.3H2O4S/c;;;;3*1-5(2,3)4/h;;;;3*(H2,1,2,3,4)/q;2*+3;;;;/p-6. The van der Waals surface area contributed by atoms with Gasteiger partial charge in [-0.3, -0.25) is 25.3 Å². The van der Waals surface area contributed by atoms with Gasteiger partial charge in [0.15, 0.2) is 0 Å². The maximum Gasteiger partial charge on any atom is 3.00 e. The molecule has 0 unspecified atom stereocenters. The van der Waals surface area contributed by atoms with Crippen LogP contribution in [0.4, 0.5) is 0 Å². The van der Waals surface area contributed by atoms with Crippen LogP contribution in [0.3, 0.4) is 0 Å². The molecule has 0 aliphatic heterocycles. The van der Waals surface area contributed by atoms with Crippen molar-refractivity contribution in [3.63, 3.8) is 0 Å². The van der Waals surface area contributed by atoms with Gasteiger partial charge in [0.25, 0.3) is 0 Å². The van der Waals surface area contributed by atoms with Gasteiger partial charge in [0.2, 0.25) is 0 Å². The number of hydrogen-bond acceptors (Lipinski definition) is 12. The van der Waals surface area contributed by atoms with Gasteiger partial charge in [0.05, 0.1) is 0 Å². The molecule has 0 saturated heterocycles. The normalized spacial score (nSPS) is 9.16. The topological polar surface area (TPSA) is 241 Å². The van der Waals surface area contributed by atoms with E-state index in [1.54, 1.807) is 0 Å². The van der Waals surface area contributed by atoms with E-state index < -0.39 is 31.2 Å². The molecule has 0 aromatic rings. The van der Waals surface area contributed by atoms with Gasteiger partial charge in [-0.2, -0.15) is 0 Å². The molecule has 0 N–H and O–H groups in total. The van der Waals surface area contributed by atoms with Crippen LogP contribution >= 0.6 is 0 Å². The molecule has 0 bridgehead atoms. The van der Waals surface area contributed by atoms with Crippen molar-refractivity contribution in [1.29, 1.82) is 0 Å². The Balaban J connectivity index is -0.0000000206. The predicted molar refractivity (Wildman–Crippen MR) is 31.4 cm³/mol. The number of rotatable bonds is 0. The van der Waals surface area contributed by atoms with Crippen molar-refractivity contribution < 1.29 is 125 Å². The maximum atomic E-state index is 8.52. The van der Waals surface area contributed by atoms with E-state index in [0.29, 0.717) is 0 Å².